The van der Waals surface area contributed by atoms with E-state index < -0.39 is 0 Å². The fraction of sp³-hybridized carbons (Fsp3) is 0.235. The number of hydrogen-bond acceptors (Lipinski definition) is 3. The number of nitrogens with two attached hydrogens (primary N) is 1. The maximum Gasteiger partial charge on any atom is 0.259 e. The van der Waals surface area contributed by atoms with Crippen molar-refractivity contribution in [2.24, 2.45) is 0 Å². The molecule has 0 aromatic heterocycles. The monoisotopic (exact) mass is 284 g/mol. The molecule has 0 atom stereocenters. The standard InChI is InChI=1S/C17H20N2O2/c1-3-6-12-7-4-5-8-15(12)19-17(20)14-10-9-13(18)11-16(14)21-2/h4-5,7-11H,3,6,18H2,1-2H3,(H,19,20). The Morgan fingerprint density at radius 2 is 2.00 bits per heavy atom. The third kappa shape index (κ3) is 3.54. The lowest BCUT2D eigenvalue weighted by molar-refractivity contribution is 0.102. The molecule has 0 aliphatic rings. The second-order valence-corrected chi connectivity index (χ2v) is 4.82. The van der Waals surface area contributed by atoms with Crippen molar-refractivity contribution in [2.45, 2.75) is 19.8 Å². The first-order chi connectivity index (χ1) is 10.2. The van der Waals surface area contributed by atoms with Crippen LogP contribution in [0.4, 0.5) is 11.4 Å². The van der Waals surface area contributed by atoms with Gasteiger partial charge in [-0.3, -0.25) is 4.79 Å². The molecule has 0 heterocycles. The Morgan fingerprint density at radius 3 is 2.71 bits per heavy atom. The van der Waals surface area contributed by atoms with Crippen LogP contribution in [-0.2, 0) is 6.42 Å². The maximum absolute atomic E-state index is 12.4. The van der Waals surface area contributed by atoms with Gasteiger partial charge < -0.3 is 15.8 Å². The molecule has 2 rings (SSSR count). The highest BCUT2D eigenvalue weighted by atomic mass is 16.5. The quantitative estimate of drug-likeness (QED) is 0.826. The molecule has 1 amide bonds. The molecule has 4 heteroatoms. The Balaban J connectivity index is 2.26. The Morgan fingerprint density at radius 1 is 1.24 bits per heavy atom. The average Bonchev–Trinajstić information content (AvgIpc) is 2.49. The lowest BCUT2D eigenvalue weighted by Gasteiger charge is -2.12. The minimum atomic E-state index is -0.199. The summed E-state index contributed by atoms with van der Waals surface area (Å²) in [4.78, 5) is 12.4. The van der Waals surface area contributed by atoms with Crippen LogP contribution in [0.3, 0.4) is 0 Å². The van der Waals surface area contributed by atoms with Gasteiger partial charge in [0.05, 0.1) is 12.7 Å². The molecule has 0 bridgehead atoms. The molecule has 0 saturated heterocycles. The number of nitrogens with one attached hydrogen (secondary N) is 1. The van der Waals surface area contributed by atoms with Crippen molar-refractivity contribution in [3.8, 4) is 5.75 Å². The summed E-state index contributed by atoms with van der Waals surface area (Å²) in [6.07, 6.45) is 1.95. The minimum absolute atomic E-state index is 0.199. The molecule has 0 spiro atoms. The number of aryl methyl sites for hydroxylation is 1. The minimum Gasteiger partial charge on any atom is -0.496 e. The van der Waals surface area contributed by atoms with E-state index in [1.165, 1.54) is 7.11 Å². The number of anilines is 2. The van der Waals surface area contributed by atoms with Gasteiger partial charge in [-0.1, -0.05) is 31.5 Å². The molecular formula is C17H20N2O2. The second-order valence-electron chi connectivity index (χ2n) is 4.82. The van der Waals surface area contributed by atoms with Crippen molar-refractivity contribution in [1.82, 2.24) is 0 Å². The van der Waals surface area contributed by atoms with E-state index >= 15 is 0 Å². The van der Waals surface area contributed by atoms with Crippen molar-refractivity contribution in [2.75, 3.05) is 18.2 Å². The molecule has 0 saturated carbocycles. The Bertz CT molecular complexity index is 638. The number of benzene rings is 2. The van der Waals surface area contributed by atoms with Gasteiger partial charge in [0.15, 0.2) is 0 Å². The van der Waals surface area contributed by atoms with Crippen molar-refractivity contribution in [3.05, 3.63) is 53.6 Å². The van der Waals surface area contributed by atoms with Crippen molar-refractivity contribution >= 4 is 17.3 Å². The zero-order valence-corrected chi connectivity index (χ0v) is 12.3. The Hall–Kier alpha value is -2.49. The lowest BCUT2D eigenvalue weighted by Crippen LogP contribution is -2.14. The van der Waals surface area contributed by atoms with Gasteiger partial charge in [-0.25, -0.2) is 0 Å². The fourth-order valence-corrected chi connectivity index (χ4v) is 2.21. The first kappa shape index (κ1) is 14.9. The molecule has 0 aliphatic heterocycles. The summed E-state index contributed by atoms with van der Waals surface area (Å²) >= 11 is 0. The number of carbonyl (C=O) groups excluding carboxylic acids is 1. The van der Waals surface area contributed by atoms with Gasteiger partial charge in [-0.2, -0.15) is 0 Å². The molecule has 0 aliphatic carbocycles. The van der Waals surface area contributed by atoms with Crippen LogP contribution in [-0.4, -0.2) is 13.0 Å². The smallest absolute Gasteiger partial charge is 0.259 e. The summed E-state index contributed by atoms with van der Waals surface area (Å²) in [5.74, 6) is 0.274. The van der Waals surface area contributed by atoms with Gasteiger partial charge in [0.1, 0.15) is 5.75 Å². The molecule has 21 heavy (non-hydrogen) atoms. The lowest BCUT2D eigenvalue weighted by atomic mass is 10.1. The van der Waals surface area contributed by atoms with E-state index in [1.54, 1.807) is 18.2 Å². The zero-order chi connectivity index (χ0) is 15.2. The third-order valence-electron chi connectivity index (χ3n) is 3.26. The van der Waals surface area contributed by atoms with Crippen LogP contribution in [0.25, 0.3) is 0 Å². The highest BCUT2D eigenvalue weighted by Crippen LogP contribution is 2.24. The van der Waals surface area contributed by atoms with Crippen molar-refractivity contribution in [3.63, 3.8) is 0 Å². The number of ether oxygens (including phenoxy) is 1. The average molecular weight is 284 g/mol. The van der Waals surface area contributed by atoms with E-state index in [9.17, 15) is 4.79 Å². The van der Waals surface area contributed by atoms with E-state index in [0.29, 0.717) is 17.0 Å². The van der Waals surface area contributed by atoms with Gasteiger partial charge in [0.25, 0.3) is 5.91 Å². The molecule has 0 fully saturated rings. The summed E-state index contributed by atoms with van der Waals surface area (Å²) in [5.41, 5.74) is 8.71. The largest absolute Gasteiger partial charge is 0.496 e. The fourth-order valence-electron chi connectivity index (χ4n) is 2.21. The number of amides is 1. The zero-order valence-electron chi connectivity index (χ0n) is 12.3. The third-order valence-corrected chi connectivity index (χ3v) is 3.26. The molecule has 0 unspecified atom stereocenters. The van der Waals surface area contributed by atoms with E-state index in [-0.39, 0.29) is 5.91 Å². The summed E-state index contributed by atoms with van der Waals surface area (Å²) in [7, 11) is 1.52. The van der Waals surface area contributed by atoms with E-state index in [1.807, 2.05) is 24.3 Å². The van der Waals surface area contributed by atoms with Gasteiger partial charge in [-0.05, 0) is 30.2 Å². The van der Waals surface area contributed by atoms with Crippen LogP contribution < -0.4 is 15.8 Å². The molecule has 2 aromatic carbocycles. The van der Waals surface area contributed by atoms with Gasteiger partial charge in [-0.15, -0.1) is 0 Å². The number of nitrogen functional groups attached to an aromatic ring is 1. The van der Waals surface area contributed by atoms with Gasteiger partial charge in [0, 0.05) is 17.4 Å². The molecule has 0 radical (unpaired) electrons. The normalized spacial score (nSPS) is 10.2. The molecule has 4 nitrogen and oxygen atoms in total. The van der Waals surface area contributed by atoms with Crippen molar-refractivity contribution < 1.29 is 9.53 Å². The van der Waals surface area contributed by atoms with E-state index in [4.69, 9.17) is 10.5 Å². The first-order valence-corrected chi connectivity index (χ1v) is 6.98. The second kappa shape index (κ2) is 6.79. The molecule has 2 aromatic rings. The first-order valence-electron chi connectivity index (χ1n) is 6.98. The van der Waals surface area contributed by atoms with Crippen molar-refractivity contribution in [1.29, 1.82) is 0 Å². The van der Waals surface area contributed by atoms with Crippen LogP contribution in [0.5, 0.6) is 5.75 Å². The van der Waals surface area contributed by atoms with Crippen LogP contribution >= 0.6 is 0 Å². The number of hydrogen-bond donors (Lipinski definition) is 2. The highest BCUT2D eigenvalue weighted by Gasteiger charge is 2.13. The number of rotatable bonds is 5. The summed E-state index contributed by atoms with van der Waals surface area (Å²) in [5, 5.41) is 2.95. The van der Waals surface area contributed by atoms with Crippen LogP contribution in [0.2, 0.25) is 0 Å². The number of carbonyl (C=O) groups is 1. The SMILES string of the molecule is CCCc1ccccc1NC(=O)c1ccc(N)cc1OC. The number of para-hydroxylation sites is 1. The summed E-state index contributed by atoms with van der Waals surface area (Å²) in [6.45, 7) is 2.11. The van der Waals surface area contributed by atoms with Crippen LogP contribution in [0, 0.1) is 0 Å². The van der Waals surface area contributed by atoms with Gasteiger partial charge in [0.2, 0.25) is 0 Å². The number of methoxy groups -OCH3 is 1. The predicted octanol–water partition coefficient (Wildman–Crippen LogP) is 3.48. The topological polar surface area (TPSA) is 64.4 Å². The van der Waals surface area contributed by atoms with E-state index in [2.05, 4.69) is 12.2 Å². The highest BCUT2D eigenvalue weighted by molar-refractivity contribution is 6.06. The van der Waals surface area contributed by atoms with Crippen LogP contribution in [0.1, 0.15) is 29.3 Å². The summed E-state index contributed by atoms with van der Waals surface area (Å²) in [6, 6.07) is 12.8. The Kier molecular flexibility index (Phi) is 4.82. The molecule has 3 N–H and O–H groups in total. The van der Waals surface area contributed by atoms with E-state index in [0.717, 1.165) is 24.1 Å². The summed E-state index contributed by atoms with van der Waals surface area (Å²) < 4.78 is 5.22. The predicted molar refractivity (Wildman–Crippen MR) is 85.8 cm³/mol. The Labute approximate surface area is 124 Å². The maximum atomic E-state index is 12.4. The van der Waals surface area contributed by atoms with Gasteiger partial charge >= 0.3 is 0 Å². The van der Waals surface area contributed by atoms with Crippen LogP contribution in [0.15, 0.2) is 42.5 Å². The molecular weight excluding hydrogens is 264 g/mol. The molecule has 110 valence electrons.